The summed E-state index contributed by atoms with van der Waals surface area (Å²) in [5.74, 6) is 1.09. The van der Waals surface area contributed by atoms with Gasteiger partial charge < -0.3 is 5.32 Å². The third-order valence-electron chi connectivity index (χ3n) is 4.94. The second-order valence-corrected chi connectivity index (χ2v) is 6.74. The number of carbonyl (C=O) groups excluding carboxylic acids is 1. The number of aryl methyl sites for hydroxylation is 1. The van der Waals surface area contributed by atoms with E-state index in [0.29, 0.717) is 11.3 Å². The van der Waals surface area contributed by atoms with E-state index in [0.717, 1.165) is 32.2 Å². The van der Waals surface area contributed by atoms with Crippen molar-refractivity contribution >= 4 is 17.5 Å². The molecule has 2 aliphatic rings. The minimum atomic E-state index is 0.150. The van der Waals surface area contributed by atoms with Crippen LogP contribution in [0.15, 0.2) is 24.3 Å². The Balaban J connectivity index is 1.54. The highest BCUT2D eigenvalue weighted by atomic mass is 35.5. The molecule has 0 radical (unpaired) electrons. The summed E-state index contributed by atoms with van der Waals surface area (Å²) in [6, 6.07) is 8.49. The van der Waals surface area contributed by atoms with Crippen LogP contribution in [0.2, 0.25) is 0 Å². The van der Waals surface area contributed by atoms with E-state index in [-0.39, 0.29) is 11.8 Å². The van der Waals surface area contributed by atoms with Crippen LogP contribution in [0.3, 0.4) is 0 Å². The van der Waals surface area contributed by atoms with Gasteiger partial charge in [-0.05, 0) is 55.1 Å². The average Bonchev–Trinajstić information content (AvgIpc) is 3.25. The maximum absolute atomic E-state index is 12.3. The van der Waals surface area contributed by atoms with Gasteiger partial charge in [0.05, 0.1) is 0 Å². The van der Waals surface area contributed by atoms with Crippen LogP contribution in [0.4, 0.5) is 0 Å². The smallest absolute Gasteiger partial charge is 0.223 e. The molecule has 0 heterocycles. The topological polar surface area (TPSA) is 29.1 Å². The molecule has 0 aliphatic heterocycles. The summed E-state index contributed by atoms with van der Waals surface area (Å²) in [7, 11) is 0. The van der Waals surface area contributed by atoms with Crippen molar-refractivity contribution in [2.75, 3.05) is 12.4 Å². The lowest BCUT2D eigenvalue weighted by molar-refractivity contribution is -0.125. The van der Waals surface area contributed by atoms with Gasteiger partial charge in [-0.15, -0.1) is 11.6 Å². The van der Waals surface area contributed by atoms with Gasteiger partial charge in [0, 0.05) is 18.3 Å². The minimum Gasteiger partial charge on any atom is -0.355 e. The Labute approximate surface area is 125 Å². The number of nitrogens with one attached hydrogen (secondary N) is 1. The van der Waals surface area contributed by atoms with Crippen molar-refractivity contribution in [1.82, 2.24) is 5.32 Å². The van der Waals surface area contributed by atoms with Crippen LogP contribution in [0.1, 0.15) is 36.8 Å². The number of rotatable bonds is 5. The molecule has 1 aromatic carbocycles. The summed E-state index contributed by atoms with van der Waals surface area (Å²) in [4.78, 5) is 12.3. The van der Waals surface area contributed by atoms with Crippen LogP contribution in [-0.4, -0.2) is 18.3 Å². The summed E-state index contributed by atoms with van der Waals surface area (Å²) < 4.78 is 0. The zero-order valence-corrected chi connectivity index (χ0v) is 12.6. The molecule has 1 aromatic rings. The first kappa shape index (κ1) is 13.9. The standard InChI is InChI=1S/C17H22ClNO/c18-10-9-17(7-8-17)12-19-16(20)15-6-5-13-3-1-2-4-14(13)11-15/h1-4,15H,5-12H2,(H,19,20). The lowest BCUT2D eigenvalue weighted by Gasteiger charge is -2.25. The van der Waals surface area contributed by atoms with Gasteiger partial charge in [0.2, 0.25) is 5.91 Å². The molecule has 2 nitrogen and oxygen atoms in total. The predicted octanol–water partition coefficient (Wildman–Crippen LogP) is 3.32. The molecule has 3 heteroatoms. The summed E-state index contributed by atoms with van der Waals surface area (Å²) >= 11 is 5.83. The molecule has 3 rings (SSSR count). The number of amides is 1. The monoisotopic (exact) mass is 291 g/mol. The number of halogens is 1. The van der Waals surface area contributed by atoms with Crippen LogP contribution in [0.5, 0.6) is 0 Å². The highest BCUT2D eigenvalue weighted by molar-refractivity contribution is 6.17. The van der Waals surface area contributed by atoms with Crippen LogP contribution in [-0.2, 0) is 17.6 Å². The zero-order chi connectivity index (χ0) is 14.0. The van der Waals surface area contributed by atoms with Crippen molar-refractivity contribution in [3.63, 3.8) is 0 Å². The lowest BCUT2D eigenvalue weighted by atomic mass is 9.83. The Morgan fingerprint density at radius 2 is 2.05 bits per heavy atom. The van der Waals surface area contributed by atoms with Crippen molar-refractivity contribution in [3.8, 4) is 0 Å². The lowest BCUT2D eigenvalue weighted by Crippen LogP contribution is -2.37. The van der Waals surface area contributed by atoms with E-state index in [1.54, 1.807) is 0 Å². The zero-order valence-electron chi connectivity index (χ0n) is 11.8. The van der Waals surface area contributed by atoms with E-state index in [4.69, 9.17) is 11.6 Å². The van der Waals surface area contributed by atoms with E-state index in [9.17, 15) is 4.79 Å². The van der Waals surface area contributed by atoms with Crippen LogP contribution in [0, 0.1) is 11.3 Å². The summed E-state index contributed by atoms with van der Waals surface area (Å²) in [6.07, 6.45) is 6.36. The molecule has 1 fully saturated rings. The number of hydrogen-bond acceptors (Lipinski definition) is 1. The number of carbonyl (C=O) groups is 1. The van der Waals surface area contributed by atoms with E-state index in [2.05, 4.69) is 29.6 Å². The fourth-order valence-corrected chi connectivity index (χ4v) is 3.63. The maximum Gasteiger partial charge on any atom is 0.223 e. The minimum absolute atomic E-state index is 0.150. The van der Waals surface area contributed by atoms with Gasteiger partial charge in [-0.3, -0.25) is 4.79 Å². The molecule has 0 spiro atoms. The number of fused-ring (bicyclic) bond motifs is 1. The van der Waals surface area contributed by atoms with Gasteiger partial charge in [-0.2, -0.15) is 0 Å². The van der Waals surface area contributed by atoms with Crippen molar-refractivity contribution in [1.29, 1.82) is 0 Å². The first-order valence-electron chi connectivity index (χ1n) is 7.63. The summed E-state index contributed by atoms with van der Waals surface area (Å²) in [5.41, 5.74) is 3.09. The third kappa shape index (κ3) is 3.01. The Bertz CT molecular complexity index is 496. The number of alkyl halides is 1. The molecule has 2 aliphatic carbocycles. The van der Waals surface area contributed by atoms with Crippen molar-refractivity contribution in [3.05, 3.63) is 35.4 Å². The molecule has 0 saturated heterocycles. The summed E-state index contributed by atoms with van der Waals surface area (Å²) in [6.45, 7) is 0.816. The highest BCUT2D eigenvalue weighted by Gasteiger charge is 2.42. The maximum atomic E-state index is 12.3. The predicted molar refractivity (Wildman–Crippen MR) is 82.0 cm³/mol. The molecule has 0 aromatic heterocycles. The van der Waals surface area contributed by atoms with Gasteiger partial charge in [-0.25, -0.2) is 0 Å². The van der Waals surface area contributed by atoms with Crippen LogP contribution in [0.25, 0.3) is 0 Å². The third-order valence-corrected chi connectivity index (χ3v) is 5.13. The molecule has 1 unspecified atom stereocenters. The molecular formula is C17H22ClNO. The second kappa shape index (κ2) is 5.77. The molecular weight excluding hydrogens is 270 g/mol. The fourth-order valence-electron chi connectivity index (χ4n) is 3.23. The summed E-state index contributed by atoms with van der Waals surface area (Å²) in [5, 5.41) is 3.17. The first-order valence-corrected chi connectivity index (χ1v) is 8.16. The SMILES string of the molecule is O=C(NCC1(CCCl)CC1)C1CCc2ccccc2C1. The Kier molecular flexibility index (Phi) is 4.02. The van der Waals surface area contributed by atoms with Crippen LogP contribution < -0.4 is 5.32 Å². The van der Waals surface area contributed by atoms with E-state index in [1.807, 2.05) is 0 Å². The van der Waals surface area contributed by atoms with Crippen molar-refractivity contribution in [2.24, 2.45) is 11.3 Å². The van der Waals surface area contributed by atoms with Crippen molar-refractivity contribution < 1.29 is 4.79 Å². The normalized spacial score (nSPS) is 22.9. The Morgan fingerprint density at radius 1 is 1.30 bits per heavy atom. The largest absolute Gasteiger partial charge is 0.355 e. The number of benzene rings is 1. The first-order chi connectivity index (χ1) is 9.72. The van der Waals surface area contributed by atoms with Gasteiger partial charge in [-0.1, -0.05) is 24.3 Å². The Morgan fingerprint density at radius 3 is 2.75 bits per heavy atom. The van der Waals surface area contributed by atoms with Gasteiger partial charge in [0.1, 0.15) is 0 Å². The second-order valence-electron chi connectivity index (χ2n) is 6.37. The quantitative estimate of drug-likeness (QED) is 0.829. The fraction of sp³-hybridized carbons (Fsp3) is 0.588. The van der Waals surface area contributed by atoms with E-state index in [1.165, 1.54) is 24.0 Å². The average molecular weight is 292 g/mol. The van der Waals surface area contributed by atoms with E-state index >= 15 is 0 Å². The van der Waals surface area contributed by atoms with Gasteiger partial charge in [0.15, 0.2) is 0 Å². The molecule has 0 bridgehead atoms. The molecule has 1 N–H and O–H groups in total. The van der Waals surface area contributed by atoms with Crippen molar-refractivity contribution in [2.45, 2.75) is 38.5 Å². The highest BCUT2D eigenvalue weighted by Crippen LogP contribution is 2.48. The molecule has 1 amide bonds. The Hall–Kier alpha value is -1.02. The molecule has 20 heavy (non-hydrogen) atoms. The molecule has 1 saturated carbocycles. The molecule has 1 atom stereocenters. The van der Waals surface area contributed by atoms with Gasteiger partial charge >= 0.3 is 0 Å². The molecule has 108 valence electrons. The van der Waals surface area contributed by atoms with E-state index < -0.39 is 0 Å². The van der Waals surface area contributed by atoms with Crippen LogP contribution >= 0.6 is 11.6 Å². The van der Waals surface area contributed by atoms with Gasteiger partial charge in [0.25, 0.3) is 0 Å². The number of hydrogen-bond donors (Lipinski definition) is 1.